The summed E-state index contributed by atoms with van der Waals surface area (Å²) >= 11 is 0. The van der Waals surface area contributed by atoms with Gasteiger partial charge in [0.05, 0.1) is 24.0 Å². The highest BCUT2D eigenvalue weighted by atomic mass is 16.5. The molecule has 0 unspecified atom stereocenters. The molecule has 2 N–H and O–H groups in total. The zero-order chi connectivity index (χ0) is 12.4. The summed E-state index contributed by atoms with van der Waals surface area (Å²) in [4.78, 5) is 13.5. The summed E-state index contributed by atoms with van der Waals surface area (Å²) in [7, 11) is 3.40. The van der Waals surface area contributed by atoms with Crippen molar-refractivity contribution in [3.05, 3.63) is 23.8 Å². The molecule has 0 amide bonds. The molecule has 4 heteroatoms. The number of methoxy groups -OCH3 is 1. The van der Waals surface area contributed by atoms with E-state index in [1.165, 1.54) is 20.0 Å². The summed E-state index contributed by atoms with van der Waals surface area (Å²) in [5.74, 6) is 0.452. The largest absolute Gasteiger partial charge is 0.465 e. The third-order valence-electron chi connectivity index (χ3n) is 3.09. The first-order valence-electron chi connectivity index (χ1n) is 5.80. The van der Waals surface area contributed by atoms with Gasteiger partial charge in [0.15, 0.2) is 0 Å². The maximum absolute atomic E-state index is 11.3. The van der Waals surface area contributed by atoms with Crippen LogP contribution in [0.5, 0.6) is 0 Å². The Balaban J connectivity index is 2.15. The number of anilines is 2. The number of benzene rings is 1. The van der Waals surface area contributed by atoms with Crippen LogP contribution >= 0.6 is 0 Å². The van der Waals surface area contributed by atoms with Gasteiger partial charge in [-0.3, -0.25) is 0 Å². The predicted octanol–water partition coefficient (Wildman–Crippen LogP) is 1.90. The second-order valence-electron chi connectivity index (χ2n) is 4.59. The fourth-order valence-corrected chi connectivity index (χ4v) is 1.93. The minimum Gasteiger partial charge on any atom is -0.465 e. The highest BCUT2D eigenvalue weighted by Crippen LogP contribution is 2.32. The van der Waals surface area contributed by atoms with Crippen molar-refractivity contribution >= 4 is 17.3 Å². The van der Waals surface area contributed by atoms with Gasteiger partial charge in [-0.1, -0.05) is 0 Å². The summed E-state index contributed by atoms with van der Waals surface area (Å²) in [6.45, 7) is 1.03. The lowest BCUT2D eigenvalue weighted by Gasteiger charge is -2.21. The number of nitrogens with two attached hydrogens (primary N) is 1. The number of carbonyl (C=O) groups is 1. The summed E-state index contributed by atoms with van der Waals surface area (Å²) in [6, 6.07) is 5.30. The van der Waals surface area contributed by atoms with Crippen molar-refractivity contribution in [3.63, 3.8) is 0 Å². The predicted molar refractivity (Wildman–Crippen MR) is 68.2 cm³/mol. The van der Waals surface area contributed by atoms with Crippen LogP contribution in [0.3, 0.4) is 0 Å². The molecule has 4 nitrogen and oxygen atoms in total. The third-order valence-corrected chi connectivity index (χ3v) is 3.09. The molecule has 1 aromatic rings. The van der Waals surface area contributed by atoms with Crippen molar-refractivity contribution in [3.8, 4) is 0 Å². The minimum atomic E-state index is -0.354. The average Bonchev–Trinajstić information content (AvgIpc) is 3.11. The molecule has 0 aliphatic heterocycles. The Morgan fingerprint density at radius 2 is 2.24 bits per heavy atom. The lowest BCUT2D eigenvalue weighted by atomic mass is 10.1. The molecule has 0 aromatic heterocycles. The third kappa shape index (κ3) is 2.70. The molecule has 0 spiro atoms. The van der Waals surface area contributed by atoms with Gasteiger partial charge in [0, 0.05) is 13.6 Å². The van der Waals surface area contributed by atoms with Crippen molar-refractivity contribution in [1.29, 1.82) is 0 Å². The molecular formula is C13H18N2O2. The molecule has 0 atom stereocenters. The van der Waals surface area contributed by atoms with Crippen molar-refractivity contribution in [2.45, 2.75) is 12.8 Å². The van der Waals surface area contributed by atoms with Gasteiger partial charge in [0.25, 0.3) is 0 Å². The quantitative estimate of drug-likeness (QED) is 0.638. The number of hydrogen-bond donors (Lipinski definition) is 1. The van der Waals surface area contributed by atoms with Crippen molar-refractivity contribution in [2.75, 3.05) is 31.3 Å². The summed E-state index contributed by atoms with van der Waals surface area (Å²) in [5, 5.41) is 0. The number of rotatable bonds is 4. The van der Waals surface area contributed by atoms with E-state index in [0.29, 0.717) is 11.3 Å². The Labute approximate surface area is 101 Å². The average molecular weight is 234 g/mol. The van der Waals surface area contributed by atoms with Crippen LogP contribution in [0.25, 0.3) is 0 Å². The smallest absolute Gasteiger partial charge is 0.337 e. The van der Waals surface area contributed by atoms with Crippen molar-refractivity contribution in [2.24, 2.45) is 5.92 Å². The van der Waals surface area contributed by atoms with E-state index >= 15 is 0 Å². The van der Waals surface area contributed by atoms with Crippen LogP contribution in [0, 0.1) is 5.92 Å². The van der Waals surface area contributed by atoms with E-state index in [4.69, 9.17) is 5.73 Å². The monoisotopic (exact) mass is 234 g/mol. The SMILES string of the molecule is COC(=O)c1ccc(N(C)CC2CC2)c(N)c1. The second-order valence-corrected chi connectivity index (χ2v) is 4.59. The van der Waals surface area contributed by atoms with Crippen LogP contribution in [0.2, 0.25) is 0 Å². The first kappa shape index (κ1) is 11.8. The Kier molecular flexibility index (Phi) is 3.22. The van der Waals surface area contributed by atoms with Gasteiger partial charge in [0.1, 0.15) is 0 Å². The molecule has 2 rings (SSSR count). The summed E-state index contributed by atoms with van der Waals surface area (Å²) < 4.78 is 4.66. The van der Waals surface area contributed by atoms with Crippen LogP contribution < -0.4 is 10.6 Å². The number of hydrogen-bond acceptors (Lipinski definition) is 4. The lowest BCUT2D eigenvalue weighted by Crippen LogP contribution is -2.21. The Hall–Kier alpha value is -1.71. The molecule has 1 saturated carbocycles. The molecule has 0 radical (unpaired) electrons. The van der Waals surface area contributed by atoms with Gasteiger partial charge in [-0.05, 0) is 37.0 Å². The fraction of sp³-hybridized carbons (Fsp3) is 0.462. The van der Waals surface area contributed by atoms with E-state index in [-0.39, 0.29) is 5.97 Å². The van der Waals surface area contributed by atoms with Crippen LogP contribution in [-0.2, 0) is 4.74 Å². The second kappa shape index (κ2) is 4.65. The van der Waals surface area contributed by atoms with Gasteiger partial charge in [-0.2, -0.15) is 0 Å². The van der Waals surface area contributed by atoms with E-state index < -0.39 is 0 Å². The van der Waals surface area contributed by atoms with Gasteiger partial charge in [0.2, 0.25) is 0 Å². The molecule has 92 valence electrons. The van der Waals surface area contributed by atoms with E-state index in [2.05, 4.69) is 9.64 Å². The summed E-state index contributed by atoms with van der Waals surface area (Å²) in [6.07, 6.45) is 2.62. The molecule has 1 aliphatic rings. The van der Waals surface area contributed by atoms with E-state index in [0.717, 1.165) is 18.2 Å². The van der Waals surface area contributed by atoms with Gasteiger partial charge in [-0.25, -0.2) is 4.79 Å². The maximum atomic E-state index is 11.3. The number of esters is 1. The van der Waals surface area contributed by atoms with E-state index in [1.807, 2.05) is 13.1 Å². The molecule has 17 heavy (non-hydrogen) atoms. The molecule has 0 saturated heterocycles. The number of ether oxygens (including phenoxy) is 1. The highest BCUT2D eigenvalue weighted by Gasteiger charge is 2.23. The summed E-state index contributed by atoms with van der Waals surface area (Å²) in [5.41, 5.74) is 8.05. The number of nitrogens with zero attached hydrogens (tertiary/aromatic N) is 1. The standard InChI is InChI=1S/C13H18N2O2/c1-15(8-9-3-4-9)12-6-5-10(7-11(12)14)13(16)17-2/h5-7,9H,3-4,8,14H2,1-2H3. The Morgan fingerprint density at radius 1 is 1.53 bits per heavy atom. The zero-order valence-electron chi connectivity index (χ0n) is 10.3. The Morgan fingerprint density at radius 3 is 2.76 bits per heavy atom. The van der Waals surface area contributed by atoms with Crippen LogP contribution in [-0.4, -0.2) is 26.7 Å². The van der Waals surface area contributed by atoms with Gasteiger partial charge in [-0.15, -0.1) is 0 Å². The number of nitrogen functional groups attached to an aromatic ring is 1. The highest BCUT2D eigenvalue weighted by molar-refractivity contribution is 5.91. The first-order chi connectivity index (χ1) is 8.11. The Bertz CT molecular complexity index is 427. The normalized spacial score (nSPS) is 14.5. The maximum Gasteiger partial charge on any atom is 0.337 e. The zero-order valence-corrected chi connectivity index (χ0v) is 10.3. The van der Waals surface area contributed by atoms with Gasteiger partial charge >= 0.3 is 5.97 Å². The molecule has 1 aliphatic carbocycles. The lowest BCUT2D eigenvalue weighted by molar-refractivity contribution is 0.0601. The molecule has 0 heterocycles. The molecular weight excluding hydrogens is 216 g/mol. The number of carbonyl (C=O) groups excluding carboxylic acids is 1. The van der Waals surface area contributed by atoms with Crippen molar-refractivity contribution in [1.82, 2.24) is 0 Å². The molecule has 1 fully saturated rings. The van der Waals surface area contributed by atoms with E-state index in [1.54, 1.807) is 12.1 Å². The first-order valence-corrected chi connectivity index (χ1v) is 5.80. The topological polar surface area (TPSA) is 55.6 Å². The van der Waals surface area contributed by atoms with Crippen LogP contribution in [0.15, 0.2) is 18.2 Å². The van der Waals surface area contributed by atoms with Gasteiger partial charge < -0.3 is 15.4 Å². The van der Waals surface area contributed by atoms with Crippen LogP contribution in [0.1, 0.15) is 23.2 Å². The fourth-order valence-electron chi connectivity index (χ4n) is 1.93. The van der Waals surface area contributed by atoms with E-state index in [9.17, 15) is 4.79 Å². The van der Waals surface area contributed by atoms with Crippen molar-refractivity contribution < 1.29 is 9.53 Å². The molecule has 1 aromatic carbocycles. The molecule has 0 bridgehead atoms. The van der Waals surface area contributed by atoms with Crippen LogP contribution in [0.4, 0.5) is 11.4 Å². The minimum absolute atomic E-state index is 0.354.